The van der Waals surface area contributed by atoms with Crippen molar-refractivity contribution in [3.8, 4) is 0 Å². The monoisotopic (exact) mass is 928 g/mol. The zero-order valence-corrected chi connectivity index (χ0v) is 45.2. The molecule has 0 aromatic rings. The summed E-state index contributed by atoms with van der Waals surface area (Å²) < 4.78 is 0. The number of unbranched alkanes of at least 4 members (excludes halogenated alkanes) is 48. The van der Waals surface area contributed by atoms with E-state index in [2.05, 4.69) is 31.3 Å². The van der Waals surface area contributed by atoms with Gasteiger partial charge in [0.15, 0.2) is 0 Å². The topological polar surface area (TPSA) is 69.6 Å². The Kier molecular flexibility index (Phi) is 57.2. The Morgan fingerprint density at radius 1 is 0.348 bits per heavy atom. The Bertz CT molecular complexity index is 963. The molecule has 0 saturated heterocycles. The summed E-state index contributed by atoms with van der Waals surface area (Å²) in [5, 5.41) is 23.1. The molecule has 0 bridgehead atoms. The van der Waals surface area contributed by atoms with Gasteiger partial charge in [-0.2, -0.15) is 0 Å². The fraction of sp³-hybridized carbons (Fsp3) is 0.919. The predicted molar refractivity (Wildman–Crippen MR) is 295 cm³/mol. The fourth-order valence-corrected chi connectivity index (χ4v) is 9.77. The molecule has 1 amide bonds. The van der Waals surface area contributed by atoms with Gasteiger partial charge in [0.05, 0.1) is 18.8 Å². The highest BCUT2D eigenvalue weighted by atomic mass is 16.3. The Labute approximate surface area is 415 Å². The Hall–Kier alpha value is -1.13. The molecule has 2 atom stereocenters. The second kappa shape index (κ2) is 58.2. The van der Waals surface area contributed by atoms with Crippen LogP contribution in [-0.4, -0.2) is 34.9 Å². The molecule has 0 aromatic carbocycles. The van der Waals surface area contributed by atoms with Gasteiger partial charge in [0.2, 0.25) is 5.91 Å². The Balaban J connectivity index is 3.34. The highest BCUT2D eigenvalue weighted by Gasteiger charge is 2.18. The van der Waals surface area contributed by atoms with Gasteiger partial charge in [-0.25, -0.2) is 0 Å². The van der Waals surface area contributed by atoms with E-state index in [0.29, 0.717) is 6.42 Å². The summed E-state index contributed by atoms with van der Waals surface area (Å²) in [6.45, 7) is 4.33. The summed E-state index contributed by atoms with van der Waals surface area (Å²) in [4.78, 5) is 12.4. The second-order valence-corrected chi connectivity index (χ2v) is 21.1. The molecule has 0 rings (SSSR count). The molecule has 0 heterocycles. The van der Waals surface area contributed by atoms with Crippen molar-refractivity contribution < 1.29 is 15.0 Å². The summed E-state index contributed by atoms with van der Waals surface area (Å²) in [6, 6.07) is -0.618. The molecule has 4 heteroatoms. The maximum Gasteiger partial charge on any atom is 0.220 e. The lowest BCUT2D eigenvalue weighted by atomic mass is 10.0. The molecule has 392 valence electrons. The van der Waals surface area contributed by atoms with E-state index in [9.17, 15) is 15.0 Å². The number of amides is 1. The first-order valence-electron chi connectivity index (χ1n) is 30.6. The van der Waals surface area contributed by atoms with Crippen molar-refractivity contribution in [2.75, 3.05) is 6.61 Å². The zero-order valence-electron chi connectivity index (χ0n) is 45.2. The van der Waals surface area contributed by atoms with Crippen LogP contribution in [0.1, 0.15) is 348 Å². The molecule has 2 unspecified atom stereocenters. The Morgan fingerprint density at radius 2 is 0.576 bits per heavy atom. The van der Waals surface area contributed by atoms with E-state index in [-0.39, 0.29) is 12.5 Å². The van der Waals surface area contributed by atoms with Crippen LogP contribution in [0.2, 0.25) is 0 Å². The summed E-state index contributed by atoms with van der Waals surface area (Å²) in [5.74, 6) is -0.0577. The minimum absolute atomic E-state index is 0.0577. The summed E-state index contributed by atoms with van der Waals surface area (Å²) in [5.41, 5.74) is 0. The quantitative estimate of drug-likeness (QED) is 0.0420. The smallest absolute Gasteiger partial charge is 0.220 e. The van der Waals surface area contributed by atoms with Gasteiger partial charge in [0.25, 0.3) is 0 Å². The lowest BCUT2D eigenvalue weighted by Gasteiger charge is -2.20. The van der Waals surface area contributed by atoms with Gasteiger partial charge in [-0.3, -0.25) is 4.79 Å². The second-order valence-electron chi connectivity index (χ2n) is 21.1. The highest BCUT2D eigenvalue weighted by Crippen LogP contribution is 2.18. The average Bonchev–Trinajstić information content (AvgIpc) is 3.32. The lowest BCUT2D eigenvalue weighted by molar-refractivity contribution is -0.123. The number of carbonyl (C=O) groups excluding carboxylic acids is 1. The summed E-state index contributed by atoms with van der Waals surface area (Å²) in [6.07, 6.45) is 78.1. The average molecular weight is 929 g/mol. The number of allylic oxidation sites excluding steroid dienone is 3. The van der Waals surface area contributed by atoms with Crippen molar-refractivity contribution in [2.45, 2.75) is 360 Å². The normalized spacial score (nSPS) is 12.8. The molecule has 3 N–H and O–H groups in total. The van der Waals surface area contributed by atoms with E-state index in [1.165, 1.54) is 302 Å². The third kappa shape index (κ3) is 53.8. The van der Waals surface area contributed by atoms with E-state index < -0.39 is 12.1 Å². The molecule has 0 aromatic heterocycles. The van der Waals surface area contributed by atoms with Crippen LogP contribution in [0.15, 0.2) is 24.3 Å². The van der Waals surface area contributed by atoms with E-state index in [1.807, 2.05) is 6.08 Å². The van der Waals surface area contributed by atoms with Gasteiger partial charge in [0.1, 0.15) is 0 Å². The lowest BCUT2D eigenvalue weighted by Crippen LogP contribution is -2.45. The molecule has 66 heavy (non-hydrogen) atoms. The van der Waals surface area contributed by atoms with Gasteiger partial charge >= 0.3 is 0 Å². The van der Waals surface area contributed by atoms with Crippen LogP contribution < -0.4 is 5.32 Å². The molecule has 0 saturated carbocycles. The fourth-order valence-electron chi connectivity index (χ4n) is 9.77. The zero-order chi connectivity index (χ0) is 47.7. The van der Waals surface area contributed by atoms with E-state index in [4.69, 9.17) is 0 Å². The first kappa shape index (κ1) is 64.9. The standard InChI is InChI=1S/C62H121NO3/c1-3-5-7-9-11-13-15-17-18-19-20-21-22-23-24-25-26-27-28-29-30-31-32-33-34-35-36-37-38-39-40-41-42-43-44-46-48-50-52-54-56-58-62(66)63-60(59-64)61(65)57-55-53-51-49-47-45-16-14-12-10-8-6-4-2/h19-20,55,57,60-61,64-65H,3-18,21-54,56,58-59H2,1-2H3,(H,63,66)/b20-19-,57-55+. The summed E-state index contributed by atoms with van der Waals surface area (Å²) >= 11 is 0. The third-order valence-corrected chi connectivity index (χ3v) is 14.4. The van der Waals surface area contributed by atoms with Crippen LogP contribution in [0.25, 0.3) is 0 Å². The van der Waals surface area contributed by atoms with Crippen molar-refractivity contribution in [1.82, 2.24) is 5.32 Å². The van der Waals surface area contributed by atoms with Crippen molar-refractivity contribution in [1.29, 1.82) is 0 Å². The molecule has 0 aliphatic carbocycles. The molecule has 0 aliphatic heterocycles. The molecular weight excluding hydrogens is 807 g/mol. The number of aliphatic hydroxyl groups excluding tert-OH is 2. The maximum atomic E-state index is 12.4. The number of rotatable bonds is 57. The molecular formula is C62H121NO3. The first-order valence-corrected chi connectivity index (χ1v) is 30.6. The van der Waals surface area contributed by atoms with Gasteiger partial charge in [-0.15, -0.1) is 0 Å². The van der Waals surface area contributed by atoms with Crippen molar-refractivity contribution in [2.24, 2.45) is 0 Å². The van der Waals surface area contributed by atoms with Gasteiger partial charge in [-0.1, -0.05) is 321 Å². The number of hydrogen-bond donors (Lipinski definition) is 3. The van der Waals surface area contributed by atoms with Crippen LogP contribution in [0, 0.1) is 0 Å². The first-order chi connectivity index (χ1) is 32.7. The molecule has 4 nitrogen and oxygen atoms in total. The number of carbonyl (C=O) groups is 1. The summed E-state index contributed by atoms with van der Waals surface area (Å²) in [7, 11) is 0. The molecule has 0 aliphatic rings. The van der Waals surface area contributed by atoms with E-state index >= 15 is 0 Å². The van der Waals surface area contributed by atoms with Gasteiger partial charge in [0, 0.05) is 6.42 Å². The number of hydrogen-bond acceptors (Lipinski definition) is 3. The SMILES string of the molecule is CCCCCCCCCC/C=C\CCCCCCCCCCCCCCCCCCCCCCCCCCCCCCCC(=O)NC(CO)C(O)/C=C/CCCCCCCCCCCCC. The Morgan fingerprint density at radius 3 is 0.833 bits per heavy atom. The van der Waals surface area contributed by atoms with E-state index in [1.54, 1.807) is 6.08 Å². The van der Waals surface area contributed by atoms with Crippen LogP contribution >= 0.6 is 0 Å². The number of aliphatic hydroxyl groups is 2. The molecule has 0 fully saturated rings. The largest absolute Gasteiger partial charge is 0.394 e. The van der Waals surface area contributed by atoms with E-state index in [0.717, 1.165) is 25.7 Å². The predicted octanol–water partition coefficient (Wildman–Crippen LogP) is 20.3. The van der Waals surface area contributed by atoms with Crippen LogP contribution in [0.3, 0.4) is 0 Å². The maximum absolute atomic E-state index is 12.4. The minimum atomic E-state index is -0.835. The van der Waals surface area contributed by atoms with Crippen molar-refractivity contribution in [3.05, 3.63) is 24.3 Å². The van der Waals surface area contributed by atoms with Crippen molar-refractivity contribution >= 4 is 5.91 Å². The third-order valence-electron chi connectivity index (χ3n) is 14.4. The molecule has 0 radical (unpaired) electrons. The van der Waals surface area contributed by atoms with Crippen LogP contribution in [0.4, 0.5) is 0 Å². The number of nitrogens with one attached hydrogen (secondary N) is 1. The van der Waals surface area contributed by atoms with Crippen molar-refractivity contribution in [3.63, 3.8) is 0 Å². The highest BCUT2D eigenvalue weighted by molar-refractivity contribution is 5.76. The molecule has 0 spiro atoms. The van der Waals surface area contributed by atoms with Gasteiger partial charge < -0.3 is 15.5 Å². The van der Waals surface area contributed by atoms with Gasteiger partial charge in [-0.05, 0) is 44.9 Å². The van der Waals surface area contributed by atoms with Crippen LogP contribution in [-0.2, 0) is 4.79 Å². The minimum Gasteiger partial charge on any atom is -0.394 e. The van der Waals surface area contributed by atoms with Crippen LogP contribution in [0.5, 0.6) is 0 Å².